The summed E-state index contributed by atoms with van der Waals surface area (Å²) in [4.78, 5) is 8.13. The van der Waals surface area contributed by atoms with Gasteiger partial charge < -0.3 is 15.4 Å². The number of anilines is 1. The zero-order valence-corrected chi connectivity index (χ0v) is 14.2. The van der Waals surface area contributed by atoms with Crippen molar-refractivity contribution >= 4 is 34.7 Å². The molecule has 2 rings (SSSR count). The zero-order chi connectivity index (χ0) is 16.8. The van der Waals surface area contributed by atoms with Crippen LogP contribution in [0.25, 0.3) is 0 Å². The van der Waals surface area contributed by atoms with Crippen LogP contribution in [0.3, 0.4) is 0 Å². The average Bonchev–Trinajstić information content (AvgIpc) is 2.51. The quantitative estimate of drug-likeness (QED) is 0.798. The highest BCUT2D eigenvalue weighted by Crippen LogP contribution is 2.23. The lowest BCUT2D eigenvalue weighted by Crippen LogP contribution is -2.32. The summed E-state index contributed by atoms with van der Waals surface area (Å²) < 4.78 is 19.5. The molecule has 122 valence electrons. The van der Waals surface area contributed by atoms with Crippen molar-refractivity contribution in [1.29, 1.82) is 0 Å². The fourth-order valence-electron chi connectivity index (χ4n) is 1.88. The second kappa shape index (κ2) is 8.03. The molecule has 1 unspecified atom stereocenters. The molecule has 0 saturated carbocycles. The molecular formula is C15H16ClFN4OS. The minimum atomic E-state index is -0.498. The molecule has 0 aromatic carbocycles. The molecule has 0 amide bonds. The lowest BCUT2D eigenvalue weighted by Gasteiger charge is -2.17. The van der Waals surface area contributed by atoms with Gasteiger partial charge in [0.1, 0.15) is 11.5 Å². The first-order valence-electron chi connectivity index (χ1n) is 6.97. The predicted octanol–water partition coefficient (Wildman–Crippen LogP) is 3.72. The monoisotopic (exact) mass is 354 g/mol. The molecule has 2 heterocycles. The Bertz CT molecular complexity index is 684. The molecule has 0 bridgehead atoms. The molecule has 0 aliphatic heterocycles. The Morgan fingerprint density at radius 3 is 2.83 bits per heavy atom. The predicted molar refractivity (Wildman–Crippen MR) is 92.4 cm³/mol. The van der Waals surface area contributed by atoms with E-state index < -0.39 is 11.9 Å². The Balaban J connectivity index is 2.03. The average molecular weight is 355 g/mol. The van der Waals surface area contributed by atoms with Crippen LogP contribution in [0, 0.1) is 5.82 Å². The van der Waals surface area contributed by atoms with Gasteiger partial charge in [0.15, 0.2) is 16.7 Å². The highest BCUT2D eigenvalue weighted by atomic mass is 35.5. The smallest absolute Gasteiger partial charge is 0.188 e. The van der Waals surface area contributed by atoms with Crippen LogP contribution in [0.5, 0.6) is 5.75 Å². The largest absolute Gasteiger partial charge is 0.491 e. The Morgan fingerprint density at radius 1 is 1.39 bits per heavy atom. The van der Waals surface area contributed by atoms with Gasteiger partial charge in [0, 0.05) is 18.5 Å². The summed E-state index contributed by atoms with van der Waals surface area (Å²) in [6.45, 7) is 3.92. The Labute approximate surface area is 144 Å². The Hall–Kier alpha value is -1.99. The van der Waals surface area contributed by atoms with Crippen molar-refractivity contribution in [3.63, 3.8) is 0 Å². The van der Waals surface area contributed by atoms with Gasteiger partial charge in [-0.3, -0.25) is 4.98 Å². The number of pyridine rings is 2. The molecule has 23 heavy (non-hydrogen) atoms. The third-order valence-electron chi connectivity index (χ3n) is 2.91. The van der Waals surface area contributed by atoms with Crippen molar-refractivity contribution in [2.45, 2.75) is 19.9 Å². The lowest BCUT2D eigenvalue weighted by molar-refractivity contribution is 0.317. The summed E-state index contributed by atoms with van der Waals surface area (Å²) in [5, 5.41) is 6.69. The van der Waals surface area contributed by atoms with Crippen LogP contribution in [0.1, 0.15) is 25.6 Å². The molecule has 2 aromatic heterocycles. The molecule has 0 fully saturated rings. The molecule has 0 aliphatic rings. The van der Waals surface area contributed by atoms with Crippen molar-refractivity contribution in [2.75, 3.05) is 11.9 Å². The maximum absolute atomic E-state index is 14.3. The fourth-order valence-corrected chi connectivity index (χ4v) is 2.27. The molecule has 0 aliphatic carbocycles. The van der Waals surface area contributed by atoms with Gasteiger partial charge in [0.05, 0.1) is 17.7 Å². The van der Waals surface area contributed by atoms with Crippen molar-refractivity contribution in [2.24, 2.45) is 0 Å². The molecule has 2 aromatic rings. The van der Waals surface area contributed by atoms with E-state index in [-0.39, 0.29) is 11.4 Å². The van der Waals surface area contributed by atoms with Crippen LogP contribution in [0.15, 0.2) is 30.6 Å². The van der Waals surface area contributed by atoms with Gasteiger partial charge in [-0.05, 0) is 38.2 Å². The number of thiocarbonyl (C=S) groups is 1. The van der Waals surface area contributed by atoms with Crippen molar-refractivity contribution < 1.29 is 9.13 Å². The van der Waals surface area contributed by atoms with Crippen LogP contribution in [-0.4, -0.2) is 21.7 Å². The van der Waals surface area contributed by atoms with Gasteiger partial charge in [-0.15, -0.1) is 0 Å². The first-order chi connectivity index (χ1) is 11.0. The number of aromatic nitrogens is 2. The number of hydrogen-bond donors (Lipinski definition) is 2. The first-order valence-corrected chi connectivity index (χ1v) is 7.76. The lowest BCUT2D eigenvalue weighted by atomic mass is 10.2. The Morgan fingerprint density at radius 2 is 2.17 bits per heavy atom. The summed E-state index contributed by atoms with van der Waals surface area (Å²) in [6.07, 6.45) is 3.00. The summed E-state index contributed by atoms with van der Waals surface area (Å²) in [7, 11) is 0. The zero-order valence-electron chi connectivity index (χ0n) is 12.6. The minimum Gasteiger partial charge on any atom is -0.491 e. The summed E-state index contributed by atoms with van der Waals surface area (Å²) in [5.41, 5.74) is 0.226. The van der Waals surface area contributed by atoms with Crippen LogP contribution in [0.2, 0.25) is 5.02 Å². The highest BCUT2D eigenvalue weighted by molar-refractivity contribution is 7.80. The number of hydrogen-bond acceptors (Lipinski definition) is 4. The number of rotatable bonds is 5. The van der Waals surface area contributed by atoms with Crippen molar-refractivity contribution in [3.05, 3.63) is 47.1 Å². The number of nitrogens with one attached hydrogen (secondary N) is 2. The van der Waals surface area contributed by atoms with E-state index in [4.69, 9.17) is 28.6 Å². The fraction of sp³-hybridized carbons (Fsp3) is 0.267. The van der Waals surface area contributed by atoms with Crippen LogP contribution >= 0.6 is 23.8 Å². The minimum absolute atomic E-state index is 0.171. The summed E-state index contributed by atoms with van der Waals surface area (Å²) >= 11 is 11.0. The van der Waals surface area contributed by atoms with E-state index in [2.05, 4.69) is 20.6 Å². The van der Waals surface area contributed by atoms with Gasteiger partial charge in [0.25, 0.3) is 0 Å². The first kappa shape index (κ1) is 17.4. The van der Waals surface area contributed by atoms with Gasteiger partial charge >= 0.3 is 0 Å². The van der Waals surface area contributed by atoms with Crippen LogP contribution < -0.4 is 15.4 Å². The van der Waals surface area contributed by atoms with Gasteiger partial charge in [-0.1, -0.05) is 11.6 Å². The molecule has 0 radical (unpaired) electrons. The van der Waals surface area contributed by atoms with Crippen molar-refractivity contribution in [1.82, 2.24) is 15.3 Å². The second-order valence-corrected chi connectivity index (χ2v) is 5.47. The molecule has 0 saturated heterocycles. The third-order valence-corrected chi connectivity index (χ3v) is 3.35. The molecular weight excluding hydrogens is 339 g/mol. The standard InChI is InChI=1S/C15H16ClFN4OS/c1-3-22-11-6-7-18-14(13(11)17)9(2)20-15(23)21-12-5-4-10(16)8-19-12/h4-9H,3H2,1-2H3,(H2,19,20,21,23). The third kappa shape index (κ3) is 4.74. The van der Waals surface area contributed by atoms with E-state index >= 15 is 0 Å². The highest BCUT2D eigenvalue weighted by Gasteiger charge is 2.17. The molecule has 1 atom stereocenters. The normalized spacial score (nSPS) is 11.7. The number of nitrogens with zero attached hydrogens (tertiary/aromatic N) is 2. The van der Waals surface area contributed by atoms with E-state index in [0.29, 0.717) is 22.6 Å². The van der Waals surface area contributed by atoms with Gasteiger partial charge in [-0.25, -0.2) is 9.37 Å². The van der Waals surface area contributed by atoms with Crippen LogP contribution in [-0.2, 0) is 0 Å². The van der Waals surface area contributed by atoms with Crippen LogP contribution in [0.4, 0.5) is 10.2 Å². The second-order valence-electron chi connectivity index (χ2n) is 4.62. The van der Waals surface area contributed by atoms with Crippen molar-refractivity contribution in [3.8, 4) is 5.75 Å². The molecule has 8 heteroatoms. The molecule has 0 spiro atoms. The number of halogens is 2. The molecule has 2 N–H and O–H groups in total. The van der Waals surface area contributed by atoms with E-state index in [9.17, 15) is 4.39 Å². The van der Waals surface area contributed by atoms with Gasteiger partial charge in [-0.2, -0.15) is 0 Å². The summed E-state index contributed by atoms with van der Waals surface area (Å²) in [5.74, 6) is 0.210. The maximum atomic E-state index is 14.3. The van der Waals surface area contributed by atoms with Gasteiger partial charge in [0.2, 0.25) is 0 Å². The van der Waals surface area contributed by atoms with E-state index in [0.717, 1.165) is 0 Å². The Kier molecular flexibility index (Phi) is 6.06. The SMILES string of the molecule is CCOc1ccnc(C(C)NC(=S)Nc2ccc(Cl)cn2)c1F. The van der Waals surface area contributed by atoms with E-state index in [1.54, 1.807) is 26.0 Å². The number of ether oxygens (including phenoxy) is 1. The van der Waals surface area contributed by atoms with E-state index in [1.807, 2.05) is 0 Å². The topological polar surface area (TPSA) is 59.1 Å². The maximum Gasteiger partial charge on any atom is 0.188 e. The van der Waals surface area contributed by atoms with E-state index in [1.165, 1.54) is 18.5 Å². The molecule has 5 nitrogen and oxygen atoms in total. The summed E-state index contributed by atoms with van der Waals surface area (Å²) in [6, 6.07) is 4.43.